The molecule has 0 heterocycles. The summed E-state index contributed by atoms with van der Waals surface area (Å²) in [6, 6.07) is 0.0929. The van der Waals surface area contributed by atoms with E-state index in [0.717, 1.165) is 25.7 Å². The molecule has 2 aliphatic carbocycles. The normalized spacial score (nSPS) is 21.7. The number of aliphatic carboxylic acids is 1. The van der Waals surface area contributed by atoms with Crippen molar-refractivity contribution in [2.24, 2.45) is 5.41 Å². The number of carboxylic acids is 1. The average molecular weight is 317 g/mol. The lowest BCUT2D eigenvalue weighted by Gasteiger charge is -2.23. The lowest BCUT2D eigenvalue weighted by molar-refractivity contribution is -0.138. The van der Waals surface area contributed by atoms with Crippen LogP contribution >= 0.6 is 0 Å². The van der Waals surface area contributed by atoms with E-state index in [1.807, 2.05) is 0 Å². The standard InChI is InChI=1S/C14H23NO5S/c16-12(15-11-4-2-1-3-5-11)9-21(19,20)10-14(6-7-14)8-13(17)18/h11H,1-10H2,(H,15,16)(H,17,18). The molecule has 120 valence electrons. The molecule has 0 unspecified atom stereocenters. The summed E-state index contributed by atoms with van der Waals surface area (Å²) in [6.07, 6.45) is 6.23. The average Bonchev–Trinajstić information content (AvgIpc) is 3.06. The van der Waals surface area contributed by atoms with Gasteiger partial charge in [-0.05, 0) is 31.1 Å². The van der Waals surface area contributed by atoms with Gasteiger partial charge in [0, 0.05) is 6.04 Å². The molecular weight excluding hydrogens is 294 g/mol. The maximum atomic E-state index is 12.1. The molecule has 2 N–H and O–H groups in total. The van der Waals surface area contributed by atoms with Crippen LogP contribution in [0.2, 0.25) is 0 Å². The van der Waals surface area contributed by atoms with E-state index in [2.05, 4.69) is 5.32 Å². The summed E-state index contributed by atoms with van der Waals surface area (Å²) < 4.78 is 24.1. The lowest BCUT2D eigenvalue weighted by atomic mass is 9.95. The van der Waals surface area contributed by atoms with E-state index in [0.29, 0.717) is 12.8 Å². The Kier molecular flexibility index (Phi) is 4.91. The highest BCUT2D eigenvalue weighted by Crippen LogP contribution is 2.49. The van der Waals surface area contributed by atoms with Crippen LogP contribution in [0, 0.1) is 5.41 Å². The molecule has 0 spiro atoms. The Hall–Kier alpha value is -1.11. The van der Waals surface area contributed by atoms with Crippen molar-refractivity contribution in [1.82, 2.24) is 5.32 Å². The van der Waals surface area contributed by atoms with Crippen LogP contribution in [-0.4, -0.2) is 42.9 Å². The maximum absolute atomic E-state index is 12.1. The smallest absolute Gasteiger partial charge is 0.303 e. The highest BCUT2D eigenvalue weighted by molar-refractivity contribution is 7.92. The predicted octanol–water partition coefficient (Wildman–Crippen LogP) is 1.10. The van der Waals surface area contributed by atoms with Gasteiger partial charge in [-0.25, -0.2) is 8.42 Å². The van der Waals surface area contributed by atoms with Crippen molar-refractivity contribution >= 4 is 21.7 Å². The van der Waals surface area contributed by atoms with Crippen molar-refractivity contribution in [3.8, 4) is 0 Å². The molecule has 2 fully saturated rings. The Labute approximate surface area is 125 Å². The molecule has 2 saturated carbocycles. The molecule has 0 aromatic rings. The maximum Gasteiger partial charge on any atom is 0.303 e. The molecule has 0 aromatic heterocycles. The monoisotopic (exact) mass is 317 g/mol. The summed E-state index contributed by atoms with van der Waals surface area (Å²) in [5.74, 6) is -2.14. The number of sulfone groups is 1. The molecule has 21 heavy (non-hydrogen) atoms. The lowest BCUT2D eigenvalue weighted by Crippen LogP contribution is -2.40. The molecule has 2 rings (SSSR count). The third kappa shape index (κ3) is 5.30. The van der Waals surface area contributed by atoms with Crippen molar-refractivity contribution < 1.29 is 23.1 Å². The van der Waals surface area contributed by atoms with Crippen LogP contribution in [0.5, 0.6) is 0 Å². The van der Waals surface area contributed by atoms with Gasteiger partial charge < -0.3 is 10.4 Å². The van der Waals surface area contributed by atoms with Gasteiger partial charge in [-0.15, -0.1) is 0 Å². The molecule has 7 heteroatoms. The van der Waals surface area contributed by atoms with E-state index in [9.17, 15) is 18.0 Å². The molecular formula is C14H23NO5S. The van der Waals surface area contributed by atoms with Crippen LogP contribution in [0.4, 0.5) is 0 Å². The number of carbonyl (C=O) groups is 2. The summed E-state index contributed by atoms with van der Waals surface area (Å²) >= 11 is 0. The quantitative estimate of drug-likeness (QED) is 0.732. The molecule has 2 aliphatic rings. The first-order valence-corrected chi connectivity index (χ1v) is 9.34. The number of rotatable bonds is 7. The van der Waals surface area contributed by atoms with Crippen molar-refractivity contribution in [3.05, 3.63) is 0 Å². The predicted molar refractivity (Wildman–Crippen MR) is 77.6 cm³/mol. The Morgan fingerprint density at radius 1 is 1.14 bits per heavy atom. The van der Waals surface area contributed by atoms with Gasteiger partial charge in [0.15, 0.2) is 9.84 Å². The summed E-state index contributed by atoms with van der Waals surface area (Å²) in [5.41, 5.74) is -0.629. The van der Waals surface area contributed by atoms with Crippen LogP contribution in [0.1, 0.15) is 51.4 Å². The Bertz CT molecular complexity index is 503. The largest absolute Gasteiger partial charge is 0.481 e. The van der Waals surface area contributed by atoms with Gasteiger partial charge in [0.25, 0.3) is 0 Å². The van der Waals surface area contributed by atoms with Crippen molar-refractivity contribution in [3.63, 3.8) is 0 Å². The topological polar surface area (TPSA) is 101 Å². The number of hydrogen-bond donors (Lipinski definition) is 2. The summed E-state index contributed by atoms with van der Waals surface area (Å²) in [4.78, 5) is 22.6. The van der Waals surface area contributed by atoms with Crippen LogP contribution in [0.15, 0.2) is 0 Å². The van der Waals surface area contributed by atoms with Gasteiger partial charge in [0.2, 0.25) is 5.91 Å². The first-order chi connectivity index (χ1) is 9.80. The summed E-state index contributed by atoms with van der Waals surface area (Å²) in [5, 5.41) is 11.6. The van der Waals surface area contributed by atoms with Crippen LogP contribution in [0.25, 0.3) is 0 Å². The zero-order chi connectivity index (χ0) is 15.5. The first kappa shape index (κ1) is 16.3. The minimum Gasteiger partial charge on any atom is -0.481 e. The van der Waals surface area contributed by atoms with Gasteiger partial charge in [0.1, 0.15) is 5.75 Å². The minimum absolute atomic E-state index is 0.0929. The van der Waals surface area contributed by atoms with E-state index < -0.39 is 32.9 Å². The van der Waals surface area contributed by atoms with Crippen molar-refractivity contribution in [2.45, 2.75) is 57.4 Å². The minimum atomic E-state index is -3.55. The fourth-order valence-electron chi connectivity index (χ4n) is 3.10. The van der Waals surface area contributed by atoms with Crippen LogP contribution in [-0.2, 0) is 19.4 Å². The van der Waals surface area contributed by atoms with E-state index in [4.69, 9.17) is 5.11 Å². The second-order valence-electron chi connectivity index (χ2n) is 6.51. The summed E-state index contributed by atoms with van der Waals surface area (Å²) in [6.45, 7) is 0. The van der Waals surface area contributed by atoms with Gasteiger partial charge in [-0.3, -0.25) is 9.59 Å². The Balaban J connectivity index is 1.82. The number of nitrogens with one attached hydrogen (secondary N) is 1. The van der Waals surface area contributed by atoms with Crippen molar-refractivity contribution in [2.75, 3.05) is 11.5 Å². The van der Waals surface area contributed by atoms with Gasteiger partial charge in [-0.1, -0.05) is 19.3 Å². The molecule has 0 aliphatic heterocycles. The van der Waals surface area contributed by atoms with Crippen LogP contribution < -0.4 is 5.32 Å². The second kappa shape index (κ2) is 6.34. The van der Waals surface area contributed by atoms with Gasteiger partial charge in [-0.2, -0.15) is 0 Å². The first-order valence-electron chi connectivity index (χ1n) is 7.52. The highest BCUT2D eigenvalue weighted by atomic mass is 32.2. The number of amides is 1. The fourth-order valence-corrected chi connectivity index (χ4v) is 5.01. The number of carboxylic acid groups (broad SMARTS) is 1. The number of hydrogen-bond acceptors (Lipinski definition) is 4. The molecule has 0 aromatic carbocycles. The number of carbonyl (C=O) groups excluding carboxylic acids is 1. The molecule has 0 bridgehead atoms. The molecule has 0 radical (unpaired) electrons. The second-order valence-corrected chi connectivity index (χ2v) is 8.57. The Morgan fingerprint density at radius 2 is 1.76 bits per heavy atom. The van der Waals surface area contributed by atoms with Crippen molar-refractivity contribution in [1.29, 1.82) is 0 Å². The SMILES string of the molecule is O=C(O)CC1(CS(=O)(=O)CC(=O)NC2CCCCC2)CC1. The fraction of sp³-hybridized carbons (Fsp3) is 0.857. The molecule has 6 nitrogen and oxygen atoms in total. The van der Waals surface area contributed by atoms with Gasteiger partial charge >= 0.3 is 5.97 Å². The van der Waals surface area contributed by atoms with E-state index in [-0.39, 0.29) is 18.2 Å². The third-order valence-corrected chi connectivity index (χ3v) is 6.08. The summed E-state index contributed by atoms with van der Waals surface area (Å²) in [7, 11) is -3.55. The highest BCUT2D eigenvalue weighted by Gasteiger charge is 2.47. The van der Waals surface area contributed by atoms with Crippen LogP contribution in [0.3, 0.4) is 0 Å². The Morgan fingerprint density at radius 3 is 2.29 bits per heavy atom. The molecule has 0 saturated heterocycles. The van der Waals surface area contributed by atoms with E-state index >= 15 is 0 Å². The zero-order valence-electron chi connectivity index (χ0n) is 12.1. The van der Waals surface area contributed by atoms with E-state index in [1.54, 1.807) is 0 Å². The third-order valence-electron chi connectivity index (χ3n) is 4.33. The zero-order valence-corrected chi connectivity index (χ0v) is 13.0. The van der Waals surface area contributed by atoms with Gasteiger partial charge in [0.05, 0.1) is 12.2 Å². The molecule has 1 amide bonds. The van der Waals surface area contributed by atoms with E-state index in [1.165, 1.54) is 6.42 Å². The molecule has 0 atom stereocenters.